The molecule has 6 nitrogen and oxygen atoms in total. The normalized spacial score (nSPS) is 25.2. The number of nitrogens with two attached hydrogens (primary N) is 1. The maximum Gasteiger partial charge on any atom is 0.245 e. The summed E-state index contributed by atoms with van der Waals surface area (Å²) in [5.41, 5.74) is 2.82. The van der Waals surface area contributed by atoms with E-state index in [2.05, 4.69) is 5.43 Å². The highest BCUT2D eigenvalue weighted by Crippen LogP contribution is 2.26. The monoisotopic (exact) mass is 285 g/mol. The van der Waals surface area contributed by atoms with E-state index in [-0.39, 0.29) is 17.1 Å². The Bertz CT molecular complexity index is 537. The molecule has 2 rings (SSSR count). The number of nitrogens with one attached hydrogen (secondary N) is 1. The summed E-state index contributed by atoms with van der Waals surface area (Å²) in [6, 6.07) is 6.61. The predicted octanol–water partition coefficient (Wildman–Crippen LogP) is 0.770. The van der Waals surface area contributed by atoms with E-state index in [0.717, 1.165) is 0 Å². The highest BCUT2D eigenvalue weighted by molar-refractivity contribution is 7.89. The Labute approximate surface area is 113 Å². The molecule has 0 unspecified atom stereocenters. The number of morpholine rings is 1. The number of nitrogen functional groups attached to an aromatic ring is 1. The largest absolute Gasteiger partial charge is 0.373 e. The number of ether oxygens (including phenoxy) is 1. The molecular weight excluding hydrogens is 266 g/mol. The lowest BCUT2D eigenvalue weighted by molar-refractivity contribution is -0.0440. The van der Waals surface area contributed by atoms with Crippen LogP contribution in [0.5, 0.6) is 0 Å². The van der Waals surface area contributed by atoms with Crippen molar-refractivity contribution < 1.29 is 13.2 Å². The SMILES string of the molecule is C[C@@H]1CN(S(=O)(=O)c2ccccc2NN)C[C@H](C)O1. The maximum absolute atomic E-state index is 12.6. The highest BCUT2D eigenvalue weighted by atomic mass is 32.2. The zero-order valence-electron chi connectivity index (χ0n) is 11.0. The fourth-order valence-electron chi connectivity index (χ4n) is 2.28. The summed E-state index contributed by atoms with van der Waals surface area (Å²) in [7, 11) is -3.56. The minimum atomic E-state index is -3.56. The van der Waals surface area contributed by atoms with Gasteiger partial charge < -0.3 is 10.2 Å². The third kappa shape index (κ3) is 2.89. The predicted molar refractivity (Wildman–Crippen MR) is 73.0 cm³/mol. The topological polar surface area (TPSA) is 84.7 Å². The van der Waals surface area contributed by atoms with Crippen molar-refractivity contribution in [1.29, 1.82) is 0 Å². The van der Waals surface area contributed by atoms with E-state index < -0.39 is 10.0 Å². The van der Waals surface area contributed by atoms with Gasteiger partial charge in [-0.15, -0.1) is 0 Å². The second-order valence-electron chi connectivity index (χ2n) is 4.72. The van der Waals surface area contributed by atoms with Crippen molar-refractivity contribution in [3.05, 3.63) is 24.3 Å². The van der Waals surface area contributed by atoms with Gasteiger partial charge in [0, 0.05) is 13.1 Å². The van der Waals surface area contributed by atoms with Crippen LogP contribution in [0.2, 0.25) is 0 Å². The van der Waals surface area contributed by atoms with E-state index in [1.807, 2.05) is 13.8 Å². The first-order valence-electron chi connectivity index (χ1n) is 6.16. The molecular formula is C12H19N3O3S. The Kier molecular flexibility index (Phi) is 4.10. The zero-order chi connectivity index (χ0) is 14.0. The molecule has 7 heteroatoms. The molecule has 1 aliphatic heterocycles. The van der Waals surface area contributed by atoms with Gasteiger partial charge in [0.2, 0.25) is 10.0 Å². The third-order valence-corrected chi connectivity index (χ3v) is 4.94. The Morgan fingerprint density at radius 3 is 2.42 bits per heavy atom. The standard InChI is InChI=1S/C12H19N3O3S/c1-9-7-15(8-10(2)18-9)19(16,17)12-6-4-3-5-11(12)14-13/h3-6,9-10,14H,7-8,13H2,1-2H3/t9-,10+. The molecule has 1 fully saturated rings. The second-order valence-corrected chi connectivity index (χ2v) is 6.63. The van der Waals surface area contributed by atoms with Gasteiger partial charge in [-0.05, 0) is 26.0 Å². The van der Waals surface area contributed by atoms with Crippen molar-refractivity contribution >= 4 is 15.7 Å². The van der Waals surface area contributed by atoms with Gasteiger partial charge in [0.05, 0.1) is 17.9 Å². The number of rotatable bonds is 3. The second kappa shape index (κ2) is 5.46. The summed E-state index contributed by atoms with van der Waals surface area (Å²) in [5, 5.41) is 0. The average molecular weight is 285 g/mol. The van der Waals surface area contributed by atoms with Crippen molar-refractivity contribution in [3.63, 3.8) is 0 Å². The van der Waals surface area contributed by atoms with Gasteiger partial charge in [0.15, 0.2) is 0 Å². The Hall–Kier alpha value is -1.15. The van der Waals surface area contributed by atoms with Crippen molar-refractivity contribution in [2.24, 2.45) is 5.84 Å². The van der Waals surface area contributed by atoms with E-state index >= 15 is 0 Å². The molecule has 0 aromatic heterocycles. The smallest absolute Gasteiger partial charge is 0.245 e. The minimum Gasteiger partial charge on any atom is -0.373 e. The number of anilines is 1. The molecule has 1 saturated heterocycles. The van der Waals surface area contributed by atoms with Gasteiger partial charge in [-0.3, -0.25) is 5.84 Å². The molecule has 1 aliphatic rings. The first-order valence-corrected chi connectivity index (χ1v) is 7.60. The number of hydrazine groups is 1. The van der Waals surface area contributed by atoms with Crippen molar-refractivity contribution in [3.8, 4) is 0 Å². The number of hydrogen-bond acceptors (Lipinski definition) is 5. The van der Waals surface area contributed by atoms with Crippen LogP contribution in [0.15, 0.2) is 29.2 Å². The van der Waals surface area contributed by atoms with Crippen LogP contribution in [0.3, 0.4) is 0 Å². The maximum atomic E-state index is 12.6. The van der Waals surface area contributed by atoms with Crippen LogP contribution in [0.4, 0.5) is 5.69 Å². The molecule has 1 aromatic carbocycles. The molecule has 19 heavy (non-hydrogen) atoms. The number of sulfonamides is 1. The first kappa shape index (κ1) is 14.3. The summed E-state index contributed by atoms with van der Waals surface area (Å²) >= 11 is 0. The lowest BCUT2D eigenvalue weighted by atomic mass is 10.3. The van der Waals surface area contributed by atoms with Crippen LogP contribution in [0.25, 0.3) is 0 Å². The van der Waals surface area contributed by atoms with Crippen LogP contribution < -0.4 is 11.3 Å². The molecule has 0 amide bonds. The van der Waals surface area contributed by atoms with Gasteiger partial charge in [0.25, 0.3) is 0 Å². The summed E-state index contributed by atoms with van der Waals surface area (Å²) < 4.78 is 32.3. The van der Waals surface area contributed by atoms with Crippen molar-refractivity contribution in [2.75, 3.05) is 18.5 Å². The van der Waals surface area contributed by atoms with E-state index in [1.165, 1.54) is 4.31 Å². The third-order valence-electron chi connectivity index (χ3n) is 3.05. The van der Waals surface area contributed by atoms with Crippen LogP contribution in [0, 0.1) is 0 Å². The Morgan fingerprint density at radius 2 is 1.84 bits per heavy atom. The number of nitrogens with zero attached hydrogens (tertiary/aromatic N) is 1. The summed E-state index contributed by atoms with van der Waals surface area (Å²) in [6.07, 6.45) is -0.229. The summed E-state index contributed by atoms with van der Waals surface area (Å²) in [5.74, 6) is 5.37. The molecule has 2 atom stereocenters. The zero-order valence-corrected chi connectivity index (χ0v) is 11.9. The quantitative estimate of drug-likeness (QED) is 0.633. The van der Waals surface area contributed by atoms with Gasteiger partial charge in [-0.1, -0.05) is 12.1 Å². The molecule has 0 radical (unpaired) electrons. The van der Waals surface area contributed by atoms with Gasteiger partial charge in [-0.2, -0.15) is 4.31 Å². The van der Waals surface area contributed by atoms with Gasteiger partial charge in [0.1, 0.15) is 4.90 Å². The first-order chi connectivity index (χ1) is 8.95. The fourth-order valence-corrected chi connectivity index (χ4v) is 4.02. The van der Waals surface area contributed by atoms with Crippen LogP contribution in [-0.4, -0.2) is 38.0 Å². The van der Waals surface area contributed by atoms with Crippen molar-refractivity contribution in [1.82, 2.24) is 4.31 Å². The fraction of sp³-hybridized carbons (Fsp3) is 0.500. The number of benzene rings is 1. The Morgan fingerprint density at radius 1 is 1.26 bits per heavy atom. The van der Waals surface area contributed by atoms with E-state index in [4.69, 9.17) is 10.6 Å². The van der Waals surface area contributed by atoms with Crippen LogP contribution in [-0.2, 0) is 14.8 Å². The number of hydrogen-bond donors (Lipinski definition) is 2. The van der Waals surface area contributed by atoms with E-state index in [9.17, 15) is 8.42 Å². The molecule has 106 valence electrons. The Balaban J connectivity index is 2.36. The average Bonchev–Trinajstić information content (AvgIpc) is 2.37. The summed E-state index contributed by atoms with van der Waals surface area (Å²) in [4.78, 5) is 0.193. The molecule has 0 aliphatic carbocycles. The van der Waals surface area contributed by atoms with E-state index in [1.54, 1.807) is 24.3 Å². The summed E-state index contributed by atoms with van der Waals surface area (Å²) in [6.45, 7) is 4.44. The van der Waals surface area contributed by atoms with Crippen molar-refractivity contribution in [2.45, 2.75) is 31.0 Å². The minimum absolute atomic E-state index is 0.114. The van der Waals surface area contributed by atoms with Crippen LogP contribution in [0.1, 0.15) is 13.8 Å². The van der Waals surface area contributed by atoms with Gasteiger partial charge in [-0.25, -0.2) is 8.42 Å². The van der Waals surface area contributed by atoms with Gasteiger partial charge >= 0.3 is 0 Å². The molecule has 1 aromatic rings. The molecule has 3 N–H and O–H groups in total. The molecule has 0 spiro atoms. The molecule has 0 saturated carbocycles. The lowest BCUT2D eigenvalue weighted by Gasteiger charge is -2.34. The van der Waals surface area contributed by atoms with Crippen LogP contribution >= 0.6 is 0 Å². The number of para-hydroxylation sites is 1. The van der Waals surface area contributed by atoms with E-state index in [0.29, 0.717) is 18.8 Å². The highest BCUT2D eigenvalue weighted by Gasteiger charge is 2.33. The molecule has 1 heterocycles. The lowest BCUT2D eigenvalue weighted by Crippen LogP contribution is -2.48. The molecule has 0 bridgehead atoms.